The fraction of sp³-hybridized carbons (Fsp3) is 0.312. The zero-order valence-corrected chi connectivity index (χ0v) is 29.7. The number of nitrogens with one attached hydrogen (secondary N) is 4. The summed E-state index contributed by atoms with van der Waals surface area (Å²) in [5, 5.41) is 0. The van der Waals surface area contributed by atoms with E-state index in [-0.39, 0.29) is 45.6 Å². The number of unbranched alkanes of at least 4 members (excludes halogenated alkanes) is 4. The lowest BCUT2D eigenvalue weighted by Crippen LogP contribution is -2.41. The van der Waals surface area contributed by atoms with Crippen molar-refractivity contribution in [3.05, 3.63) is 81.1 Å². The summed E-state index contributed by atoms with van der Waals surface area (Å²) in [6.07, 6.45) is 3.54. The first-order chi connectivity index (χ1) is 23.9. The molecule has 0 bridgehead atoms. The van der Waals surface area contributed by atoms with Crippen LogP contribution in [0, 0.1) is 11.6 Å². The van der Waals surface area contributed by atoms with Gasteiger partial charge in [-0.15, -0.1) is 0 Å². The van der Waals surface area contributed by atoms with Crippen molar-refractivity contribution < 1.29 is 37.5 Å². The number of hydrogen-bond donors (Lipinski definition) is 4. The summed E-state index contributed by atoms with van der Waals surface area (Å²) in [7, 11) is 0. The third kappa shape index (κ3) is 10.9. The second-order valence-corrected chi connectivity index (χ2v) is 14.2. The number of carbonyl (C=O) groups excluding carboxylic acids is 6. The van der Waals surface area contributed by atoms with Crippen molar-refractivity contribution in [3.63, 3.8) is 0 Å². The van der Waals surface area contributed by atoms with Gasteiger partial charge in [0, 0.05) is 37.1 Å². The highest BCUT2D eigenvalue weighted by atomic mass is 32.2. The van der Waals surface area contributed by atoms with E-state index in [1.165, 1.54) is 34.1 Å². The molecule has 2 saturated heterocycles. The lowest BCUT2D eigenvalue weighted by molar-refractivity contribution is -0.124. The summed E-state index contributed by atoms with van der Waals surface area (Å²) in [6.45, 7) is 0.613. The Labute approximate surface area is 305 Å². The van der Waals surface area contributed by atoms with Crippen LogP contribution < -0.4 is 21.7 Å². The van der Waals surface area contributed by atoms with Gasteiger partial charge in [-0.2, -0.15) is 0 Å². The van der Waals surface area contributed by atoms with E-state index >= 15 is 0 Å². The molecule has 2 aromatic rings. The third-order valence-electron chi connectivity index (χ3n) is 7.32. The highest BCUT2D eigenvalue weighted by Crippen LogP contribution is 2.42. The maximum Gasteiger partial charge on any atom is 0.269 e. The fourth-order valence-corrected chi connectivity index (χ4v) is 7.42. The van der Waals surface area contributed by atoms with Crippen molar-refractivity contribution in [3.8, 4) is 0 Å². The maximum atomic E-state index is 13.2. The van der Waals surface area contributed by atoms with Crippen LogP contribution >= 0.6 is 48.0 Å². The SMILES string of the molecule is O=C(CCCCCN1C(=O)/C(=C2\SC(=S)N(CCCCCC(=O)NNC(=O)c3ccc(F)cc3)C2=O)SC1=S)NNC(=O)c1ccc(F)cc1. The molecule has 0 aliphatic carbocycles. The molecule has 0 saturated carbocycles. The largest absolute Gasteiger partial charge is 0.293 e. The van der Waals surface area contributed by atoms with Crippen molar-refractivity contribution in [2.75, 3.05) is 13.1 Å². The normalized spacial score (nSPS) is 15.8. The number of nitrogens with zero attached hydrogens (tertiary/aromatic N) is 2. The van der Waals surface area contributed by atoms with Gasteiger partial charge < -0.3 is 0 Å². The van der Waals surface area contributed by atoms with Crippen LogP contribution in [0.4, 0.5) is 8.78 Å². The highest BCUT2D eigenvalue weighted by molar-refractivity contribution is 8.29. The monoisotopic (exact) mass is 762 g/mol. The fourth-order valence-electron chi connectivity index (χ4n) is 4.65. The molecule has 12 nitrogen and oxygen atoms in total. The van der Waals surface area contributed by atoms with E-state index in [9.17, 15) is 37.5 Å². The van der Waals surface area contributed by atoms with E-state index in [1.54, 1.807) is 0 Å². The molecule has 0 spiro atoms. The number of rotatable bonds is 14. The van der Waals surface area contributed by atoms with Crippen LogP contribution in [0.5, 0.6) is 0 Å². The Bertz CT molecular complexity index is 1580. The summed E-state index contributed by atoms with van der Waals surface area (Å²) >= 11 is 12.9. The average molecular weight is 763 g/mol. The number of hydrazine groups is 2. The molecule has 4 N–H and O–H groups in total. The van der Waals surface area contributed by atoms with Crippen molar-refractivity contribution in [2.24, 2.45) is 0 Å². The lowest BCUT2D eigenvalue weighted by atomic mass is 10.2. The molecular weight excluding hydrogens is 731 g/mol. The van der Waals surface area contributed by atoms with Gasteiger partial charge >= 0.3 is 0 Å². The van der Waals surface area contributed by atoms with Crippen molar-refractivity contribution in [1.82, 2.24) is 31.5 Å². The van der Waals surface area contributed by atoms with Crippen LogP contribution in [0.25, 0.3) is 0 Å². The van der Waals surface area contributed by atoms with E-state index in [2.05, 4.69) is 21.7 Å². The Hall–Kier alpha value is -4.26. The summed E-state index contributed by atoms with van der Waals surface area (Å²) < 4.78 is 26.7. The molecule has 2 aromatic carbocycles. The van der Waals surface area contributed by atoms with Crippen molar-refractivity contribution >= 4 is 92.0 Å². The second-order valence-electron chi connectivity index (χ2n) is 10.9. The van der Waals surface area contributed by atoms with Gasteiger partial charge in [0.25, 0.3) is 23.6 Å². The molecule has 18 heteroatoms. The third-order valence-corrected chi connectivity index (χ3v) is 10.3. The molecule has 0 unspecified atom stereocenters. The molecule has 2 aliphatic heterocycles. The maximum absolute atomic E-state index is 13.2. The van der Waals surface area contributed by atoms with Crippen LogP contribution in [0.3, 0.4) is 0 Å². The number of thiocarbonyl (C=S) groups is 2. The Morgan fingerprint density at radius 2 is 0.920 bits per heavy atom. The summed E-state index contributed by atoms with van der Waals surface area (Å²) in [4.78, 5) is 77.9. The number of halogens is 2. The predicted octanol–water partition coefficient (Wildman–Crippen LogP) is 4.24. The minimum absolute atomic E-state index is 0.134. The van der Waals surface area contributed by atoms with E-state index in [0.29, 0.717) is 60.3 Å². The van der Waals surface area contributed by atoms with Gasteiger partial charge in [-0.05, 0) is 74.2 Å². The van der Waals surface area contributed by atoms with Gasteiger partial charge in [0.2, 0.25) is 11.8 Å². The summed E-state index contributed by atoms with van der Waals surface area (Å²) in [6, 6.07) is 9.76. The van der Waals surface area contributed by atoms with Crippen molar-refractivity contribution in [2.45, 2.75) is 51.4 Å². The van der Waals surface area contributed by atoms with Gasteiger partial charge in [0.15, 0.2) is 0 Å². The predicted molar refractivity (Wildman–Crippen MR) is 192 cm³/mol. The first kappa shape index (κ1) is 38.5. The minimum Gasteiger partial charge on any atom is -0.293 e. The molecule has 2 aliphatic rings. The highest BCUT2D eigenvalue weighted by Gasteiger charge is 2.41. The van der Waals surface area contributed by atoms with E-state index in [4.69, 9.17) is 24.4 Å². The van der Waals surface area contributed by atoms with Gasteiger partial charge in [-0.25, -0.2) is 8.78 Å². The molecule has 0 aromatic heterocycles. The number of thioether (sulfide) groups is 2. The van der Waals surface area contributed by atoms with Crippen molar-refractivity contribution in [1.29, 1.82) is 0 Å². The lowest BCUT2D eigenvalue weighted by Gasteiger charge is -2.14. The Morgan fingerprint density at radius 3 is 1.28 bits per heavy atom. The smallest absolute Gasteiger partial charge is 0.269 e. The number of benzene rings is 2. The first-order valence-corrected chi connectivity index (χ1v) is 17.9. The van der Waals surface area contributed by atoms with E-state index < -0.39 is 35.3 Å². The topological polar surface area (TPSA) is 157 Å². The van der Waals surface area contributed by atoms with Crippen LogP contribution in [0.15, 0.2) is 58.3 Å². The van der Waals surface area contributed by atoms with Gasteiger partial charge in [0.1, 0.15) is 20.3 Å². The zero-order chi connectivity index (χ0) is 36.2. The molecule has 6 amide bonds. The second kappa shape index (κ2) is 18.7. The quantitative estimate of drug-likeness (QED) is 0.0951. The Morgan fingerprint density at radius 1 is 0.560 bits per heavy atom. The molecule has 2 heterocycles. The number of hydrogen-bond acceptors (Lipinski definition) is 10. The first-order valence-electron chi connectivity index (χ1n) is 15.5. The van der Waals surface area contributed by atoms with E-state index in [0.717, 1.165) is 47.8 Å². The van der Waals surface area contributed by atoms with Crippen LogP contribution in [0.1, 0.15) is 72.1 Å². The standard InChI is InChI=1S/C32H32F2N6O6S4/c33-21-13-9-19(10-14-21)27(43)37-35-23(41)7-3-1-5-17-39-29(45)25(49-31(39)47)26-30(46)40(32(48)50-26)18-6-2-4-8-24(42)36-38-28(44)20-11-15-22(34)16-12-20/h9-16H,1-8,17-18H2,(H,35,41)(H,36,42)(H,37,43)(H,38,44)/b26-25+. The molecule has 0 radical (unpaired) electrons. The number of carbonyl (C=O) groups is 6. The molecule has 0 atom stereocenters. The molecule has 2 fully saturated rings. The van der Waals surface area contributed by atoms with Gasteiger partial charge in [-0.1, -0.05) is 60.8 Å². The summed E-state index contributed by atoms with van der Waals surface area (Å²) in [5.41, 5.74) is 9.57. The molecule has 50 heavy (non-hydrogen) atoms. The zero-order valence-electron chi connectivity index (χ0n) is 26.4. The number of amides is 6. The minimum atomic E-state index is -0.572. The van der Waals surface area contributed by atoms with Gasteiger partial charge in [-0.3, -0.25) is 60.3 Å². The Balaban J connectivity index is 1.12. The average Bonchev–Trinajstić information content (AvgIpc) is 3.54. The van der Waals surface area contributed by atoms with Crippen LogP contribution in [-0.4, -0.2) is 67.0 Å². The Kier molecular flexibility index (Phi) is 14.4. The molecule has 4 rings (SSSR count). The van der Waals surface area contributed by atoms with Gasteiger partial charge in [0.05, 0.1) is 9.81 Å². The molecule has 264 valence electrons. The van der Waals surface area contributed by atoms with Crippen LogP contribution in [0.2, 0.25) is 0 Å². The summed E-state index contributed by atoms with van der Waals surface area (Å²) in [5.74, 6) is -3.65. The van der Waals surface area contributed by atoms with Crippen LogP contribution in [-0.2, 0) is 19.2 Å². The molecular formula is C32H32F2N6O6S4. The van der Waals surface area contributed by atoms with E-state index in [1.807, 2.05) is 0 Å².